The Hall–Kier alpha value is -0.240. The number of guanidine groups is 1. The van der Waals surface area contributed by atoms with E-state index < -0.39 is 6.10 Å². The van der Waals surface area contributed by atoms with Crippen LogP contribution in [0.4, 0.5) is 0 Å². The first kappa shape index (κ1) is 19.8. The second-order valence-corrected chi connectivity index (χ2v) is 5.18. The van der Waals surface area contributed by atoms with E-state index in [1.54, 1.807) is 18.2 Å². The summed E-state index contributed by atoms with van der Waals surface area (Å²) in [5, 5.41) is 14.2. The maximum absolute atomic E-state index is 10.1. The lowest BCUT2D eigenvalue weighted by molar-refractivity contribution is 0.187. The second-order valence-electron chi connectivity index (χ2n) is 4.31. The van der Waals surface area contributed by atoms with Crippen LogP contribution in [0.25, 0.3) is 0 Å². The fourth-order valence-electron chi connectivity index (χ4n) is 1.56. The Morgan fingerprint density at radius 2 is 1.85 bits per heavy atom. The molecule has 1 unspecified atom stereocenters. The number of hydrogen-bond donors (Lipinski definition) is 2. The lowest BCUT2D eigenvalue weighted by Gasteiger charge is -2.17. The van der Waals surface area contributed by atoms with Crippen LogP contribution < -0.4 is 5.32 Å². The van der Waals surface area contributed by atoms with E-state index in [2.05, 4.69) is 10.3 Å². The average molecular weight is 432 g/mol. The van der Waals surface area contributed by atoms with Crippen LogP contribution in [0.5, 0.6) is 0 Å². The standard InChI is InChI=1S/C13H19Cl2N3O.HI/c1-4-16-13(18(2)3)17-8-12(19)9-5-10(14)7-11(15)6-9;/h5-7,12,19H,4,8H2,1-3H3,(H,16,17);1H. The van der Waals surface area contributed by atoms with Gasteiger partial charge in [-0.05, 0) is 30.7 Å². The zero-order valence-electron chi connectivity index (χ0n) is 11.7. The molecule has 1 aromatic carbocycles. The molecule has 1 aromatic rings. The van der Waals surface area contributed by atoms with Crippen LogP contribution in [0.3, 0.4) is 0 Å². The summed E-state index contributed by atoms with van der Waals surface area (Å²) in [6.07, 6.45) is -0.732. The molecule has 0 aliphatic heterocycles. The summed E-state index contributed by atoms with van der Waals surface area (Å²) in [6.45, 7) is 3.01. The fraction of sp³-hybridized carbons (Fsp3) is 0.462. The minimum Gasteiger partial charge on any atom is -0.386 e. The van der Waals surface area contributed by atoms with Gasteiger partial charge >= 0.3 is 0 Å². The van der Waals surface area contributed by atoms with Gasteiger partial charge in [-0.25, -0.2) is 0 Å². The Labute approximate surface area is 147 Å². The molecule has 0 aromatic heterocycles. The molecule has 1 rings (SSSR count). The van der Waals surface area contributed by atoms with E-state index >= 15 is 0 Å². The molecule has 0 radical (unpaired) electrons. The number of nitrogens with one attached hydrogen (secondary N) is 1. The van der Waals surface area contributed by atoms with E-state index in [0.29, 0.717) is 15.6 Å². The summed E-state index contributed by atoms with van der Waals surface area (Å²) in [5.41, 5.74) is 0.663. The molecular weight excluding hydrogens is 412 g/mol. The van der Waals surface area contributed by atoms with Crippen molar-refractivity contribution in [3.8, 4) is 0 Å². The van der Waals surface area contributed by atoms with Crippen molar-refractivity contribution in [2.45, 2.75) is 13.0 Å². The summed E-state index contributed by atoms with van der Waals surface area (Å²) in [4.78, 5) is 6.21. The zero-order valence-corrected chi connectivity index (χ0v) is 15.6. The minimum absolute atomic E-state index is 0. The van der Waals surface area contributed by atoms with Crippen molar-refractivity contribution in [3.63, 3.8) is 0 Å². The van der Waals surface area contributed by atoms with E-state index in [9.17, 15) is 5.11 Å². The van der Waals surface area contributed by atoms with E-state index in [1.165, 1.54) is 0 Å². The maximum Gasteiger partial charge on any atom is 0.193 e. The largest absolute Gasteiger partial charge is 0.386 e. The molecule has 0 saturated heterocycles. The monoisotopic (exact) mass is 431 g/mol. The van der Waals surface area contributed by atoms with Crippen molar-refractivity contribution in [1.82, 2.24) is 10.2 Å². The van der Waals surface area contributed by atoms with Crippen LogP contribution in [0.1, 0.15) is 18.6 Å². The number of aliphatic hydroxyl groups is 1. The zero-order chi connectivity index (χ0) is 14.4. The van der Waals surface area contributed by atoms with Crippen molar-refractivity contribution < 1.29 is 5.11 Å². The van der Waals surface area contributed by atoms with Crippen molar-refractivity contribution in [2.24, 2.45) is 4.99 Å². The summed E-state index contributed by atoms with van der Waals surface area (Å²) < 4.78 is 0. The Morgan fingerprint density at radius 1 is 1.30 bits per heavy atom. The maximum atomic E-state index is 10.1. The first-order valence-electron chi connectivity index (χ1n) is 6.03. The first-order chi connectivity index (χ1) is 8.93. The highest BCUT2D eigenvalue weighted by Crippen LogP contribution is 2.23. The second kappa shape index (κ2) is 9.65. The number of hydrogen-bond acceptors (Lipinski definition) is 2. The molecule has 7 heteroatoms. The van der Waals surface area contributed by atoms with Gasteiger partial charge in [0.15, 0.2) is 5.96 Å². The number of nitrogens with zero attached hydrogens (tertiary/aromatic N) is 2. The molecule has 4 nitrogen and oxygen atoms in total. The van der Waals surface area contributed by atoms with Gasteiger partial charge in [0.2, 0.25) is 0 Å². The number of aliphatic hydroxyl groups excluding tert-OH is 1. The predicted molar refractivity (Wildman–Crippen MR) is 96.5 cm³/mol. The Morgan fingerprint density at radius 3 is 2.30 bits per heavy atom. The molecule has 2 N–H and O–H groups in total. The Balaban J connectivity index is 0.00000361. The third-order valence-electron chi connectivity index (χ3n) is 2.44. The predicted octanol–water partition coefficient (Wildman–Crippen LogP) is 3.17. The van der Waals surface area contributed by atoms with Gasteiger partial charge in [0, 0.05) is 30.7 Å². The van der Waals surface area contributed by atoms with E-state index in [0.717, 1.165) is 12.5 Å². The van der Waals surface area contributed by atoms with Gasteiger partial charge in [-0.1, -0.05) is 23.2 Å². The van der Waals surface area contributed by atoms with Gasteiger partial charge in [-0.3, -0.25) is 4.99 Å². The molecule has 20 heavy (non-hydrogen) atoms. The molecule has 1 atom stereocenters. The molecule has 0 fully saturated rings. The minimum atomic E-state index is -0.732. The van der Waals surface area contributed by atoms with Crippen LogP contribution in [-0.2, 0) is 0 Å². The average Bonchev–Trinajstić information content (AvgIpc) is 2.32. The fourth-order valence-corrected chi connectivity index (χ4v) is 2.10. The third-order valence-corrected chi connectivity index (χ3v) is 2.88. The van der Waals surface area contributed by atoms with Crippen LogP contribution >= 0.6 is 47.2 Å². The molecule has 0 aliphatic carbocycles. The molecule has 0 heterocycles. The van der Waals surface area contributed by atoms with Crippen molar-refractivity contribution >= 4 is 53.1 Å². The highest BCUT2D eigenvalue weighted by molar-refractivity contribution is 14.0. The SMILES string of the molecule is CCNC(=NCC(O)c1cc(Cl)cc(Cl)c1)N(C)C.I. The van der Waals surface area contributed by atoms with Crippen molar-refractivity contribution in [3.05, 3.63) is 33.8 Å². The van der Waals surface area contributed by atoms with Gasteiger partial charge in [0.05, 0.1) is 12.6 Å². The molecule has 0 aliphatic rings. The molecule has 0 bridgehead atoms. The number of benzene rings is 1. The van der Waals surface area contributed by atoms with Crippen LogP contribution in [0.2, 0.25) is 10.0 Å². The number of aliphatic imine (C=N–C) groups is 1. The van der Waals surface area contributed by atoms with Crippen LogP contribution in [-0.4, -0.2) is 43.2 Å². The quantitative estimate of drug-likeness (QED) is 0.437. The van der Waals surface area contributed by atoms with Gasteiger partial charge in [0.1, 0.15) is 0 Å². The lowest BCUT2D eigenvalue weighted by Crippen LogP contribution is -2.36. The van der Waals surface area contributed by atoms with E-state index in [-0.39, 0.29) is 30.5 Å². The van der Waals surface area contributed by atoms with Gasteiger partial charge in [-0.15, -0.1) is 24.0 Å². The highest BCUT2D eigenvalue weighted by Gasteiger charge is 2.10. The Kier molecular flexibility index (Phi) is 9.54. The van der Waals surface area contributed by atoms with Gasteiger partial charge in [0.25, 0.3) is 0 Å². The first-order valence-corrected chi connectivity index (χ1v) is 6.79. The normalized spacial score (nSPS) is 12.6. The topological polar surface area (TPSA) is 47.9 Å². The molecular formula is C13H20Cl2IN3O. The van der Waals surface area contributed by atoms with Gasteiger partial charge in [-0.2, -0.15) is 0 Å². The Bertz CT molecular complexity index is 435. The summed E-state index contributed by atoms with van der Waals surface area (Å²) in [5.74, 6) is 0.731. The summed E-state index contributed by atoms with van der Waals surface area (Å²) >= 11 is 11.8. The highest BCUT2D eigenvalue weighted by atomic mass is 127. The smallest absolute Gasteiger partial charge is 0.193 e. The summed E-state index contributed by atoms with van der Waals surface area (Å²) in [6, 6.07) is 5.01. The third kappa shape index (κ3) is 6.47. The number of halogens is 3. The molecule has 0 saturated carbocycles. The van der Waals surface area contributed by atoms with Crippen molar-refractivity contribution in [1.29, 1.82) is 0 Å². The summed E-state index contributed by atoms with van der Waals surface area (Å²) in [7, 11) is 3.79. The number of rotatable bonds is 4. The van der Waals surface area contributed by atoms with E-state index in [4.69, 9.17) is 23.2 Å². The molecule has 114 valence electrons. The van der Waals surface area contributed by atoms with E-state index in [1.807, 2.05) is 25.9 Å². The van der Waals surface area contributed by atoms with Crippen LogP contribution in [0, 0.1) is 0 Å². The van der Waals surface area contributed by atoms with Crippen molar-refractivity contribution in [2.75, 3.05) is 27.2 Å². The lowest BCUT2D eigenvalue weighted by atomic mass is 10.1. The van der Waals surface area contributed by atoms with Crippen LogP contribution in [0.15, 0.2) is 23.2 Å². The van der Waals surface area contributed by atoms with Gasteiger partial charge < -0.3 is 15.3 Å². The molecule has 0 spiro atoms. The molecule has 0 amide bonds.